The zero-order valence-corrected chi connectivity index (χ0v) is 24.8. The summed E-state index contributed by atoms with van der Waals surface area (Å²) in [7, 11) is 1.92. The number of fused-ring (bicyclic) bond motifs is 1. The molecule has 0 unspecified atom stereocenters. The van der Waals surface area contributed by atoms with Crippen molar-refractivity contribution in [2.24, 2.45) is 0 Å². The van der Waals surface area contributed by atoms with E-state index in [4.69, 9.17) is 19.3 Å². The van der Waals surface area contributed by atoms with E-state index in [1.807, 2.05) is 18.0 Å². The Kier molecular flexibility index (Phi) is 7.84. The van der Waals surface area contributed by atoms with Gasteiger partial charge in [0.1, 0.15) is 34.1 Å². The summed E-state index contributed by atoms with van der Waals surface area (Å²) in [5.41, 5.74) is 0.999. The van der Waals surface area contributed by atoms with Gasteiger partial charge in [-0.2, -0.15) is 19.0 Å². The Morgan fingerprint density at radius 3 is 2.72 bits per heavy atom. The van der Waals surface area contributed by atoms with Crippen molar-refractivity contribution in [3.8, 4) is 28.5 Å². The highest BCUT2D eigenvalue weighted by molar-refractivity contribution is 6.09. The minimum Gasteiger partial charge on any atom is -0.457 e. The topological polar surface area (TPSA) is 128 Å². The third-order valence-corrected chi connectivity index (χ3v) is 8.16. The standard InChI is InChI=1S/C32H31F2N7O5/c1-39-18-32(43,19-39)20-4-2-5-22(14-20)45-23-6-7-27(46-31(33)34)24(15-23)28-26(17-41(38-28)21-8-12-44-13-9-21)37-30(42)25-16-36-40-11-3-10-35-29(25)40/h2-7,10-11,14-17,21,31,43H,8-9,12-13,18-19H2,1H3,(H,37,42). The lowest BCUT2D eigenvalue weighted by atomic mass is 9.86. The maximum atomic E-state index is 13.6. The summed E-state index contributed by atoms with van der Waals surface area (Å²) in [5, 5.41) is 22.8. The minimum absolute atomic E-state index is 0.0326. The largest absolute Gasteiger partial charge is 0.457 e. The predicted molar refractivity (Wildman–Crippen MR) is 162 cm³/mol. The molecule has 0 bridgehead atoms. The summed E-state index contributed by atoms with van der Waals surface area (Å²) < 4.78 is 47.0. The number of benzene rings is 2. The number of likely N-dealkylation sites (N-methyl/N-ethyl adjacent to an activating group) is 1. The summed E-state index contributed by atoms with van der Waals surface area (Å²) in [6, 6.07) is 13.2. The van der Waals surface area contributed by atoms with Crippen LogP contribution in [0.4, 0.5) is 14.5 Å². The SMILES string of the molecule is CN1CC(O)(c2cccc(Oc3ccc(OC(F)F)c(-c4nn(C5CCOCC5)cc4NC(=O)c4cnn5cccnc45)c3)c2)C1. The van der Waals surface area contributed by atoms with Crippen LogP contribution in [0.2, 0.25) is 0 Å². The summed E-state index contributed by atoms with van der Waals surface area (Å²) in [6.07, 6.45) is 7.70. The Balaban J connectivity index is 1.26. The van der Waals surface area contributed by atoms with Gasteiger partial charge in [-0.1, -0.05) is 12.1 Å². The molecule has 0 atom stereocenters. The number of ether oxygens (including phenoxy) is 3. The van der Waals surface area contributed by atoms with Crippen molar-refractivity contribution in [1.29, 1.82) is 0 Å². The van der Waals surface area contributed by atoms with Crippen molar-refractivity contribution in [2.45, 2.75) is 31.1 Å². The molecule has 0 saturated carbocycles. The molecule has 5 heterocycles. The van der Waals surface area contributed by atoms with Gasteiger partial charge in [0.15, 0.2) is 5.65 Å². The van der Waals surface area contributed by atoms with Gasteiger partial charge in [-0.15, -0.1) is 0 Å². The number of carbonyl (C=O) groups is 1. The number of anilines is 1. The van der Waals surface area contributed by atoms with Crippen LogP contribution in [0.15, 0.2) is 73.3 Å². The molecule has 2 saturated heterocycles. The number of rotatable bonds is 9. The molecule has 1 amide bonds. The number of halogens is 2. The second kappa shape index (κ2) is 12.1. The fraction of sp³-hybridized carbons (Fsp3) is 0.312. The number of likely N-dealkylation sites (tertiary alicyclic amines) is 1. The number of nitrogens with zero attached hydrogens (tertiary/aromatic N) is 6. The van der Waals surface area contributed by atoms with Crippen molar-refractivity contribution >= 4 is 17.2 Å². The maximum absolute atomic E-state index is 13.6. The van der Waals surface area contributed by atoms with Crippen LogP contribution < -0.4 is 14.8 Å². The minimum atomic E-state index is -3.11. The fourth-order valence-electron chi connectivity index (χ4n) is 5.97. The molecule has 238 valence electrons. The molecule has 46 heavy (non-hydrogen) atoms. The van der Waals surface area contributed by atoms with Crippen molar-refractivity contribution in [2.75, 3.05) is 38.7 Å². The van der Waals surface area contributed by atoms with E-state index in [2.05, 4.69) is 15.4 Å². The Labute approximate surface area is 262 Å². The lowest BCUT2D eigenvalue weighted by Gasteiger charge is -2.44. The zero-order chi connectivity index (χ0) is 31.8. The van der Waals surface area contributed by atoms with Crippen molar-refractivity contribution < 1.29 is 32.9 Å². The first-order valence-corrected chi connectivity index (χ1v) is 14.8. The second-order valence-corrected chi connectivity index (χ2v) is 11.5. The molecule has 12 nitrogen and oxygen atoms in total. The van der Waals surface area contributed by atoms with Gasteiger partial charge in [-0.05, 0) is 61.9 Å². The number of β-amino-alcohol motifs (C(OH)–C–C–N with tert-alkyl or cyclic N) is 1. The van der Waals surface area contributed by atoms with Crippen LogP contribution in [-0.2, 0) is 10.3 Å². The molecule has 2 fully saturated rings. The van der Waals surface area contributed by atoms with Gasteiger partial charge in [0.2, 0.25) is 0 Å². The summed E-state index contributed by atoms with van der Waals surface area (Å²) in [4.78, 5) is 19.8. The van der Waals surface area contributed by atoms with Crippen LogP contribution in [0.1, 0.15) is 34.8 Å². The van der Waals surface area contributed by atoms with Gasteiger partial charge >= 0.3 is 6.61 Å². The van der Waals surface area contributed by atoms with E-state index in [1.165, 1.54) is 22.8 Å². The molecular weight excluding hydrogens is 600 g/mol. The highest BCUT2D eigenvalue weighted by Crippen LogP contribution is 2.40. The summed E-state index contributed by atoms with van der Waals surface area (Å²) >= 11 is 0. The Morgan fingerprint density at radius 1 is 1.13 bits per heavy atom. The van der Waals surface area contributed by atoms with E-state index in [0.717, 1.165) is 0 Å². The van der Waals surface area contributed by atoms with Gasteiger partial charge in [-0.3, -0.25) is 14.4 Å². The number of aromatic nitrogens is 5. The molecule has 2 N–H and O–H groups in total. The lowest BCUT2D eigenvalue weighted by Crippen LogP contribution is -2.57. The van der Waals surface area contributed by atoms with Crippen LogP contribution in [0, 0.1) is 0 Å². The number of alkyl halides is 2. The molecule has 3 aromatic heterocycles. The van der Waals surface area contributed by atoms with Crippen LogP contribution >= 0.6 is 0 Å². The third kappa shape index (κ3) is 5.89. The summed E-state index contributed by atoms with van der Waals surface area (Å²) in [6.45, 7) is -1.03. The van der Waals surface area contributed by atoms with Gasteiger partial charge in [0.05, 0.1) is 23.5 Å². The van der Waals surface area contributed by atoms with Crippen molar-refractivity contribution in [3.05, 3.63) is 84.4 Å². The molecular formula is C32H31F2N7O5. The van der Waals surface area contributed by atoms with E-state index in [1.54, 1.807) is 53.6 Å². The molecule has 7 rings (SSSR count). The third-order valence-electron chi connectivity index (χ3n) is 8.16. The van der Waals surface area contributed by atoms with Gasteiger partial charge in [0.25, 0.3) is 5.91 Å². The Morgan fingerprint density at radius 2 is 1.93 bits per heavy atom. The molecule has 0 aliphatic carbocycles. The predicted octanol–water partition coefficient (Wildman–Crippen LogP) is 4.72. The van der Waals surface area contributed by atoms with Gasteiger partial charge < -0.3 is 24.6 Å². The average Bonchev–Trinajstić information content (AvgIpc) is 3.66. The molecule has 5 aromatic rings. The number of amides is 1. The number of aliphatic hydroxyl groups is 1. The molecule has 0 spiro atoms. The van der Waals surface area contributed by atoms with E-state index in [-0.39, 0.29) is 34.3 Å². The first-order chi connectivity index (χ1) is 22.3. The maximum Gasteiger partial charge on any atom is 0.387 e. The first kappa shape index (κ1) is 29.8. The van der Waals surface area contributed by atoms with Crippen LogP contribution in [-0.4, -0.2) is 80.3 Å². The Hall–Kier alpha value is -4.92. The van der Waals surface area contributed by atoms with Crippen LogP contribution in [0.25, 0.3) is 16.9 Å². The second-order valence-electron chi connectivity index (χ2n) is 11.5. The van der Waals surface area contributed by atoms with Gasteiger partial charge in [0, 0.05) is 44.9 Å². The normalized spacial score (nSPS) is 16.8. The van der Waals surface area contributed by atoms with E-state index >= 15 is 0 Å². The van der Waals surface area contributed by atoms with Crippen molar-refractivity contribution in [1.82, 2.24) is 29.3 Å². The van der Waals surface area contributed by atoms with E-state index in [0.29, 0.717) is 61.9 Å². The molecule has 14 heteroatoms. The lowest BCUT2D eigenvalue weighted by molar-refractivity contribution is -0.0919. The molecule has 2 aliphatic heterocycles. The molecule has 2 aromatic carbocycles. The average molecular weight is 632 g/mol. The quantitative estimate of drug-likeness (QED) is 0.238. The molecule has 2 aliphatic rings. The summed E-state index contributed by atoms with van der Waals surface area (Å²) in [5.74, 6) is 0.127. The van der Waals surface area contributed by atoms with Crippen LogP contribution in [0.3, 0.4) is 0 Å². The van der Waals surface area contributed by atoms with Gasteiger partial charge in [-0.25, -0.2) is 9.50 Å². The van der Waals surface area contributed by atoms with E-state index < -0.39 is 18.1 Å². The number of hydrogen-bond donors (Lipinski definition) is 2. The van der Waals surface area contributed by atoms with Crippen molar-refractivity contribution in [3.63, 3.8) is 0 Å². The van der Waals surface area contributed by atoms with E-state index in [9.17, 15) is 18.7 Å². The number of hydrogen-bond acceptors (Lipinski definition) is 9. The number of carbonyl (C=O) groups excluding carboxylic acids is 1. The number of nitrogens with one attached hydrogen (secondary N) is 1. The smallest absolute Gasteiger partial charge is 0.387 e. The fourth-order valence-corrected chi connectivity index (χ4v) is 5.97. The zero-order valence-electron chi connectivity index (χ0n) is 24.8. The Bertz CT molecular complexity index is 1880. The highest BCUT2D eigenvalue weighted by atomic mass is 19.3. The monoisotopic (exact) mass is 631 g/mol. The first-order valence-electron chi connectivity index (χ1n) is 14.8. The molecule has 0 radical (unpaired) electrons. The van der Waals surface area contributed by atoms with Crippen LogP contribution in [0.5, 0.6) is 17.2 Å². The highest BCUT2D eigenvalue weighted by Gasteiger charge is 2.40.